The minimum absolute atomic E-state index is 0.195. The second kappa shape index (κ2) is 11.4. The zero-order valence-corrected chi connectivity index (χ0v) is 18.1. The van der Waals surface area contributed by atoms with Gasteiger partial charge in [0.1, 0.15) is 11.6 Å². The van der Waals surface area contributed by atoms with Crippen molar-refractivity contribution in [1.29, 1.82) is 0 Å². The Labute approximate surface area is 187 Å². The minimum Gasteiger partial charge on any atom is -0.384 e. The van der Waals surface area contributed by atoms with Crippen molar-refractivity contribution in [2.75, 3.05) is 11.1 Å². The zero-order valence-electron chi connectivity index (χ0n) is 18.1. The molecule has 168 valence electrons. The number of benzene rings is 2. The van der Waals surface area contributed by atoms with Crippen molar-refractivity contribution < 1.29 is 13.9 Å². The minimum atomic E-state index is -0.348. The summed E-state index contributed by atoms with van der Waals surface area (Å²) in [4.78, 5) is 16.4. The van der Waals surface area contributed by atoms with Crippen LogP contribution in [0.3, 0.4) is 0 Å². The van der Waals surface area contributed by atoms with Crippen molar-refractivity contribution in [3.63, 3.8) is 0 Å². The molecule has 1 heterocycles. The van der Waals surface area contributed by atoms with Gasteiger partial charge in [-0.05, 0) is 47.9 Å². The zero-order chi connectivity index (χ0) is 22.9. The molecule has 2 unspecified atom stereocenters. The smallest absolute Gasteiger partial charge is 0.255 e. The van der Waals surface area contributed by atoms with Crippen LogP contribution in [0.25, 0.3) is 0 Å². The molecule has 0 saturated carbocycles. The van der Waals surface area contributed by atoms with Gasteiger partial charge >= 0.3 is 0 Å². The van der Waals surface area contributed by atoms with Gasteiger partial charge in [-0.25, -0.2) is 9.37 Å². The van der Waals surface area contributed by atoms with Crippen LogP contribution in [0.1, 0.15) is 53.7 Å². The molecule has 0 fully saturated rings. The Morgan fingerprint density at radius 3 is 2.50 bits per heavy atom. The third-order valence-corrected chi connectivity index (χ3v) is 5.22. The standard InChI is InChI=1S/C25H29FN4O2/c1-2-3-4-22(32-16-17-5-11-20(26)12-6-17)24(28)18-7-9-19(10-8-18)25(31)30-21-13-14-29-23(27)15-21/h5-15,22,24H,2-4,16,28H2,1H3,(H3,27,29,30,31). The van der Waals surface area contributed by atoms with Crippen LogP contribution >= 0.6 is 0 Å². The van der Waals surface area contributed by atoms with Crippen molar-refractivity contribution in [2.24, 2.45) is 5.73 Å². The number of rotatable bonds is 10. The summed E-state index contributed by atoms with van der Waals surface area (Å²) in [6.07, 6.45) is 4.17. The summed E-state index contributed by atoms with van der Waals surface area (Å²) in [5, 5.41) is 2.80. The monoisotopic (exact) mass is 436 g/mol. The van der Waals surface area contributed by atoms with E-state index in [1.165, 1.54) is 18.3 Å². The number of amides is 1. The number of unbranched alkanes of at least 4 members (excludes halogenated alkanes) is 1. The van der Waals surface area contributed by atoms with Crippen molar-refractivity contribution >= 4 is 17.4 Å². The van der Waals surface area contributed by atoms with E-state index in [1.807, 2.05) is 12.1 Å². The van der Waals surface area contributed by atoms with Gasteiger partial charge in [-0.15, -0.1) is 0 Å². The normalized spacial score (nSPS) is 12.8. The van der Waals surface area contributed by atoms with Crippen molar-refractivity contribution in [1.82, 2.24) is 4.98 Å². The average Bonchev–Trinajstić information content (AvgIpc) is 2.80. The average molecular weight is 437 g/mol. The summed E-state index contributed by atoms with van der Waals surface area (Å²) in [5.41, 5.74) is 15.0. The maximum absolute atomic E-state index is 13.1. The SMILES string of the molecule is CCCCC(OCc1ccc(F)cc1)C(N)c1ccc(C(=O)Nc2ccnc(N)c2)cc1. The van der Waals surface area contributed by atoms with Gasteiger partial charge in [-0.2, -0.15) is 0 Å². The fourth-order valence-electron chi connectivity index (χ4n) is 3.36. The molecule has 0 bridgehead atoms. The molecule has 3 rings (SSSR count). The van der Waals surface area contributed by atoms with Crippen LogP contribution in [0, 0.1) is 5.82 Å². The predicted molar refractivity (Wildman–Crippen MR) is 124 cm³/mol. The number of hydrogen-bond donors (Lipinski definition) is 3. The number of nitrogens with one attached hydrogen (secondary N) is 1. The summed E-state index contributed by atoms with van der Waals surface area (Å²) in [5.74, 6) is -0.182. The Bertz CT molecular complexity index is 1010. The molecular weight excluding hydrogens is 407 g/mol. The van der Waals surface area contributed by atoms with Gasteiger partial charge in [-0.3, -0.25) is 4.79 Å². The highest BCUT2D eigenvalue weighted by Crippen LogP contribution is 2.23. The van der Waals surface area contributed by atoms with E-state index in [2.05, 4.69) is 17.2 Å². The molecule has 2 aromatic carbocycles. The van der Waals surface area contributed by atoms with Gasteiger partial charge < -0.3 is 21.5 Å². The van der Waals surface area contributed by atoms with Crippen LogP contribution in [0.2, 0.25) is 0 Å². The Morgan fingerprint density at radius 2 is 1.84 bits per heavy atom. The lowest BCUT2D eigenvalue weighted by Crippen LogP contribution is -2.29. The van der Waals surface area contributed by atoms with E-state index in [1.54, 1.807) is 36.4 Å². The number of ether oxygens (including phenoxy) is 1. The molecule has 0 saturated heterocycles. The third kappa shape index (κ3) is 6.60. The number of nitrogens with two attached hydrogens (primary N) is 2. The van der Waals surface area contributed by atoms with Gasteiger partial charge in [0.15, 0.2) is 0 Å². The fraction of sp³-hybridized carbons (Fsp3) is 0.280. The van der Waals surface area contributed by atoms with E-state index in [0.717, 1.165) is 30.4 Å². The topological polar surface area (TPSA) is 103 Å². The number of nitrogen functional groups attached to an aromatic ring is 1. The van der Waals surface area contributed by atoms with E-state index in [-0.39, 0.29) is 23.9 Å². The molecule has 0 radical (unpaired) electrons. The predicted octanol–water partition coefficient (Wildman–Crippen LogP) is 4.83. The number of aromatic nitrogens is 1. The molecule has 0 aliphatic heterocycles. The van der Waals surface area contributed by atoms with E-state index in [9.17, 15) is 9.18 Å². The molecule has 32 heavy (non-hydrogen) atoms. The molecule has 7 heteroatoms. The number of nitrogens with zero attached hydrogens (tertiary/aromatic N) is 1. The second-order valence-corrected chi connectivity index (χ2v) is 7.69. The van der Waals surface area contributed by atoms with Crippen LogP contribution in [-0.4, -0.2) is 17.0 Å². The van der Waals surface area contributed by atoms with Crippen molar-refractivity contribution in [2.45, 2.75) is 44.9 Å². The van der Waals surface area contributed by atoms with E-state index >= 15 is 0 Å². The highest BCUT2D eigenvalue weighted by Gasteiger charge is 2.20. The van der Waals surface area contributed by atoms with Crippen molar-refractivity contribution in [3.05, 3.63) is 89.4 Å². The number of carbonyl (C=O) groups excluding carboxylic acids is 1. The Balaban J connectivity index is 1.65. The summed E-state index contributed by atoms with van der Waals surface area (Å²) in [6.45, 7) is 2.48. The molecular formula is C25H29FN4O2. The maximum atomic E-state index is 13.1. The maximum Gasteiger partial charge on any atom is 0.255 e. The Hall–Kier alpha value is -3.29. The van der Waals surface area contributed by atoms with E-state index in [0.29, 0.717) is 23.7 Å². The molecule has 1 amide bonds. The van der Waals surface area contributed by atoms with Gasteiger partial charge in [-0.1, -0.05) is 44.0 Å². The Morgan fingerprint density at radius 1 is 1.12 bits per heavy atom. The number of halogens is 1. The first-order valence-electron chi connectivity index (χ1n) is 10.7. The molecule has 0 spiro atoms. The summed E-state index contributed by atoms with van der Waals surface area (Å²) >= 11 is 0. The van der Waals surface area contributed by atoms with Gasteiger partial charge in [0.05, 0.1) is 18.8 Å². The van der Waals surface area contributed by atoms with Crippen LogP contribution in [-0.2, 0) is 11.3 Å². The van der Waals surface area contributed by atoms with Crippen LogP contribution in [0.4, 0.5) is 15.9 Å². The first kappa shape index (κ1) is 23.4. The summed E-state index contributed by atoms with van der Waals surface area (Å²) in [7, 11) is 0. The number of hydrogen-bond acceptors (Lipinski definition) is 5. The molecule has 2 atom stereocenters. The molecule has 0 aliphatic carbocycles. The summed E-state index contributed by atoms with van der Waals surface area (Å²) in [6, 6.07) is 16.4. The van der Waals surface area contributed by atoms with Crippen LogP contribution < -0.4 is 16.8 Å². The van der Waals surface area contributed by atoms with Gasteiger partial charge in [0.2, 0.25) is 0 Å². The number of anilines is 2. The van der Waals surface area contributed by atoms with Crippen molar-refractivity contribution in [3.8, 4) is 0 Å². The van der Waals surface area contributed by atoms with E-state index < -0.39 is 0 Å². The number of carbonyl (C=O) groups is 1. The molecule has 3 aromatic rings. The summed E-state index contributed by atoms with van der Waals surface area (Å²) < 4.78 is 19.2. The first-order valence-corrected chi connectivity index (χ1v) is 10.7. The van der Waals surface area contributed by atoms with E-state index in [4.69, 9.17) is 16.2 Å². The lowest BCUT2D eigenvalue weighted by atomic mass is 9.97. The highest BCUT2D eigenvalue weighted by molar-refractivity contribution is 6.04. The first-order chi connectivity index (χ1) is 15.5. The lowest BCUT2D eigenvalue weighted by molar-refractivity contribution is 0.0161. The molecule has 6 nitrogen and oxygen atoms in total. The lowest BCUT2D eigenvalue weighted by Gasteiger charge is -2.25. The van der Waals surface area contributed by atoms with Gasteiger partial charge in [0.25, 0.3) is 5.91 Å². The van der Waals surface area contributed by atoms with Crippen LogP contribution in [0.15, 0.2) is 66.9 Å². The molecule has 5 N–H and O–H groups in total. The highest BCUT2D eigenvalue weighted by atomic mass is 19.1. The largest absolute Gasteiger partial charge is 0.384 e. The van der Waals surface area contributed by atoms with Gasteiger partial charge in [0, 0.05) is 23.5 Å². The molecule has 0 aliphatic rings. The second-order valence-electron chi connectivity index (χ2n) is 7.69. The third-order valence-electron chi connectivity index (χ3n) is 5.22. The number of pyridine rings is 1. The van der Waals surface area contributed by atoms with Crippen LogP contribution in [0.5, 0.6) is 0 Å². The fourth-order valence-corrected chi connectivity index (χ4v) is 3.36. The molecule has 1 aromatic heterocycles. The quantitative estimate of drug-likeness (QED) is 0.422. The Kier molecular flexibility index (Phi) is 8.30.